The van der Waals surface area contributed by atoms with Gasteiger partial charge in [-0.25, -0.2) is 0 Å². The minimum Gasteiger partial charge on any atom is -0.324 e. The predicted octanol–water partition coefficient (Wildman–Crippen LogP) is 7.27. The molecule has 33 heavy (non-hydrogen) atoms. The Balaban J connectivity index is 1.40. The fourth-order valence-electron chi connectivity index (χ4n) is 4.86. The highest BCUT2D eigenvalue weighted by molar-refractivity contribution is 9.10. The molecule has 0 unspecified atom stereocenters. The van der Waals surface area contributed by atoms with Crippen molar-refractivity contribution in [1.29, 1.82) is 0 Å². The van der Waals surface area contributed by atoms with Crippen LogP contribution in [0.25, 0.3) is 0 Å². The van der Waals surface area contributed by atoms with Gasteiger partial charge in [-0.2, -0.15) is 0 Å². The zero-order valence-electron chi connectivity index (χ0n) is 19.3. The highest BCUT2D eigenvalue weighted by Gasteiger charge is 2.32. The molecule has 3 rings (SSSR count). The largest absolute Gasteiger partial charge is 0.325 e. The van der Waals surface area contributed by atoms with Gasteiger partial charge in [0.2, 0.25) is 0 Å². The number of thioether (sulfide) groups is 1. The molecule has 0 bridgehead atoms. The molecule has 4 nitrogen and oxygen atoms in total. The lowest BCUT2D eigenvalue weighted by Gasteiger charge is -2.38. The molecule has 182 valence electrons. The van der Waals surface area contributed by atoms with Crippen LogP contribution in [0.15, 0.2) is 57.9 Å². The molecule has 3 N–H and O–H groups in total. The molecule has 0 spiro atoms. The molecule has 0 atom stereocenters. The van der Waals surface area contributed by atoms with Crippen molar-refractivity contribution in [2.45, 2.75) is 74.6 Å². The molecule has 0 saturated heterocycles. The van der Waals surface area contributed by atoms with Gasteiger partial charge in [0.25, 0.3) is 0 Å². The van der Waals surface area contributed by atoms with E-state index in [1.54, 1.807) is 5.56 Å². The van der Waals surface area contributed by atoms with Crippen molar-refractivity contribution in [3.8, 4) is 0 Å². The molecular weight excluding hydrogens is 517 g/mol. The topological polar surface area (TPSA) is 69.6 Å². The summed E-state index contributed by atoms with van der Waals surface area (Å²) in [5.41, 5.74) is 3.11. The van der Waals surface area contributed by atoms with Crippen molar-refractivity contribution in [3.05, 3.63) is 64.1 Å². The van der Waals surface area contributed by atoms with Gasteiger partial charge in [-0.3, -0.25) is 4.57 Å². The maximum absolute atomic E-state index is 10.9. The quantitative estimate of drug-likeness (QED) is 0.138. The third kappa shape index (κ3) is 9.16. The van der Waals surface area contributed by atoms with Crippen molar-refractivity contribution < 1.29 is 14.4 Å². The number of hydrogen-bond donors (Lipinski definition) is 3. The lowest BCUT2D eigenvalue weighted by molar-refractivity contribution is 0.268. The van der Waals surface area contributed by atoms with E-state index in [4.69, 9.17) is 9.79 Å². The Morgan fingerprint density at radius 3 is 2.45 bits per heavy atom. The first kappa shape index (κ1) is 27.0. The van der Waals surface area contributed by atoms with Gasteiger partial charge < -0.3 is 15.1 Å². The molecule has 0 amide bonds. The average molecular weight is 555 g/mol. The summed E-state index contributed by atoms with van der Waals surface area (Å²) in [6, 6.07) is 17.6. The molecule has 1 aliphatic carbocycles. The Labute approximate surface area is 211 Å². The van der Waals surface area contributed by atoms with Crippen LogP contribution in [0.2, 0.25) is 0 Å². The van der Waals surface area contributed by atoms with Crippen LogP contribution in [0, 0.1) is 0 Å². The third-order valence-corrected chi connectivity index (χ3v) is 9.61. The van der Waals surface area contributed by atoms with Gasteiger partial charge in [0.1, 0.15) is 0 Å². The van der Waals surface area contributed by atoms with Crippen LogP contribution in [0.1, 0.15) is 68.9 Å². The standard InChI is InChI=1S/C26H37BrNO3PS/c27-24-20-22(21-28-17-9-18-32(29,30)31)12-13-25(24)33-19-8-7-16-26(14-5-2-6-15-26)23-10-3-1-4-11-23/h1,3-4,10-13,20,28H,2,5-9,14-19,21H2,(H2,29,30,31). The van der Waals surface area contributed by atoms with Gasteiger partial charge in [-0.15, -0.1) is 11.8 Å². The summed E-state index contributed by atoms with van der Waals surface area (Å²) in [6.07, 6.45) is 11.0. The molecule has 0 aromatic heterocycles. The minimum atomic E-state index is -3.89. The van der Waals surface area contributed by atoms with Crippen molar-refractivity contribution >= 4 is 35.3 Å². The Hall–Kier alpha value is -0.620. The number of rotatable bonds is 13. The van der Waals surface area contributed by atoms with Gasteiger partial charge in [-0.1, -0.05) is 62.1 Å². The summed E-state index contributed by atoms with van der Waals surface area (Å²) in [6.45, 7) is 1.30. The Bertz CT molecular complexity index is 900. The summed E-state index contributed by atoms with van der Waals surface area (Å²) in [4.78, 5) is 19.1. The first-order valence-electron chi connectivity index (χ1n) is 12.1. The van der Waals surface area contributed by atoms with Gasteiger partial charge in [-0.05, 0) is 89.0 Å². The molecule has 0 radical (unpaired) electrons. The summed E-state index contributed by atoms with van der Waals surface area (Å²) >= 11 is 5.63. The second-order valence-corrected chi connectivity index (χ2v) is 13.0. The number of benzene rings is 2. The molecule has 2 aromatic rings. The maximum atomic E-state index is 10.9. The van der Waals surface area contributed by atoms with E-state index in [1.165, 1.54) is 61.8 Å². The van der Waals surface area contributed by atoms with Gasteiger partial charge in [0.05, 0.1) is 6.16 Å². The van der Waals surface area contributed by atoms with Crippen LogP contribution in [0.5, 0.6) is 0 Å². The van der Waals surface area contributed by atoms with Crippen molar-refractivity contribution in [2.75, 3.05) is 18.5 Å². The molecule has 1 fully saturated rings. The highest BCUT2D eigenvalue weighted by Crippen LogP contribution is 2.43. The van der Waals surface area contributed by atoms with E-state index in [0.29, 0.717) is 24.9 Å². The van der Waals surface area contributed by atoms with Gasteiger partial charge in [0.15, 0.2) is 0 Å². The fourth-order valence-corrected chi connectivity index (χ4v) is 7.13. The molecule has 0 heterocycles. The summed E-state index contributed by atoms with van der Waals surface area (Å²) in [5, 5.41) is 3.26. The van der Waals surface area contributed by atoms with Crippen LogP contribution in [-0.4, -0.2) is 28.2 Å². The molecule has 7 heteroatoms. The smallest absolute Gasteiger partial charge is 0.324 e. The Kier molecular flexibility index (Phi) is 11.0. The van der Waals surface area contributed by atoms with Gasteiger partial charge in [0, 0.05) is 15.9 Å². The fraction of sp³-hybridized carbons (Fsp3) is 0.538. The molecule has 2 aromatic carbocycles. The monoisotopic (exact) mass is 553 g/mol. The van der Waals surface area contributed by atoms with Crippen LogP contribution < -0.4 is 5.32 Å². The van der Waals surface area contributed by atoms with Crippen molar-refractivity contribution in [2.24, 2.45) is 0 Å². The van der Waals surface area contributed by atoms with Gasteiger partial charge >= 0.3 is 7.60 Å². The Morgan fingerprint density at radius 2 is 1.76 bits per heavy atom. The van der Waals surface area contributed by atoms with E-state index in [-0.39, 0.29) is 6.16 Å². The summed E-state index contributed by atoms with van der Waals surface area (Å²) in [5.74, 6) is 1.13. The second kappa shape index (κ2) is 13.5. The molecule has 1 saturated carbocycles. The number of nitrogens with one attached hydrogen (secondary N) is 1. The van der Waals surface area contributed by atoms with Crippen LogP contribution >= 0.6 is 35.3 Å². The second-order valence-electron chi connectivity index (χ2n) is 9.20. The molecule has 0 aliphatic heterocycles. The predicted molar refractivity (Wildman–Crippen MR) is 143 cm³/mol. The lowest BCUT2D eigenvalue weighted by Crippen LogP contribution is -2.29. The van der Waals surface area contributed by atoms with E-state index in [0.717, 1.165) is 10.2 Å². The normalized spacial score (nSPS) is 16.1. The number of halogens is 1. The third-order valence-electron chi connectivity index (χ3n) is 6.63. The first-order chi connectivity index (χ1) is 15.9. The molecular formula is C26H37BrNO3PS. The highest BCUT2D eigenvalue weighted by atomic mass is 79.9. The van der Waals surface area contributed by atoms with E-state index < -0.39 is 7.60 Å². The molecule has 1 aliphatic rings. The first-order valence-corrected chi connectivity index (χ1v) is 15.7. The van der Waals surface area contributed by atoms with E-state index >= 15 is 0 Å². The average Bonchev–Trinajstić information content (AvgIpc) is 2.80. The van der Waals surface area contributed by atoms with E-state index in [9.17, 15) is 4.57 Å². The van der Waals surface area contributed by atoms with Crippen LogP contribution in [0.4, 0.5) is 0 Å². The number of hydrogen-bond acceptors (Lipinski definition) is 3. The maximum Gasteiger partial charge on any atom is 0.325 e. The van der Waals surface area contributed by atoms with Crippen molar-refractivity contribution in [1.82, 2.24) is 5.32 Å². The number of unbranched alkanes of at least 4 members (excludes halogenated alkanes) is 1. The Morgan fingerprint density at radius 1 is 1.00 bits per heavy atom. The van der Waals surface area contributed by atoms with Crippen molar-refractivity contribution in [3.63, 3.8) is 0 Å². The SMILES string of the molecule is O=P(O)(O)CCCNCc1ccc(SCCCCC2(c3ccccc3)CCCCC2)c(Br)c1. The van der Waals surface area contributed by atoms with Crippen LogP contribution in [0.3, 0.4) is 0 Å². The van der Waals surface area contributed by atoms with E-state index in [2.05, 4.69) is 69.8 Å². The summed E-state index contributed by atoms with van der Waals surface area (Å²) in [7, 11) is -3.89. The van der Waals surface area contributed by atoms with Crippen LogP contribution in [-0.2, 0) is 16.5 Å². The zero-order chi connectivity index (χ0) is 23.6. The zero-order valence-corrected chi connectivity index (χ0v) is 22.6. The van der Waals surface area contributed by atoms with E-state index in [1.807, 2.05) is 11.8 Å². The minimum absolute atomic E-state index is 0.0637. The lowest BCUT2D eigenvalue weighted by atomic mass is 9.67. The summed E-state index contributed by atoms with van der Waals surface area (Å²) < 4.78 is 12.0.